The molecular weight excluding hydrogens is 370 g/mol. The van der Waals surface area contributed by atoms with Crippen LogP contribution in [-0.4, -0.2) is 30.2 Å². The highest BCUT2D eigenvalue weighted by Crippen LogP contribution is 2.34. The van der Waals surface area contributed by atoms with Crippen molar-refractivity contribution in [3.05, 3.63) is 41.1 Å². The molecule has 0 bridgehead atoms. The number of methoxy groups -OCH3 is 2. The van der Waals surface area contributed by atoms with Crippen molar-refractivity contribution in [3.8, 4) is 17.2 Å². The topological polar surface area (TPSA) is 107 Å². The van der Waals surface area contributed by atoms with Crippen LogP contribution < -0.4 is 20.5 Å². The minimum Gasteiger partial charge on any atom is -0.507 e. The lowest BCUT2D eigenvalue weighted by molar-refractivity contribution is 0.0927. The van der Waals surface area contributed by atoms with Crippen LogP contribution in [0.3, 0.4) is 0 Å². The number of aromatic nitrogens is 1. The molecule has 1 atom stereocenters. The molecule has 1 aromatic heterocycles. The zero-order valence-electron chi connectivity index (χ0n) is 15.9. The summed E-state index contributed by atoms with van der Waals surface area (Å²) in [4.78, 5) is 17.2. The van der Waals surface area contributed by atoms with E-state index in [0.29, 0.717) is 23.7 Å². The van der Waals surface area contributed by atoms with Crippen molar-refractivity contribution in [2.24, 2.45) is 0 Å². The molecule has 2 rings (SSSR count). The van der Waals surface area contributed by atoms with Gasteiger partial charge in [0.25, 0.3) is 5.91 Å². The van der Waals surface area contributed by atoms with Crippen molar-refractivity contribution >= 4 is 24.1 Å². The molecule has 0 saturated carbocycles. The van der Waals surface area contributed by atoms with Crippen LogP contribution in [0.1, 0.15) is 47.4 Å². The number of phenolic OH excluding ortho intramolecular Hbond substituents is 1. The summed E-state index contributed by atoms with van der Waals surface area (Å²) in [6.07, 6.45) is 1.52. The van der Waals surface area contributed by atoms with Gasteiger partial charge in [0, 0.05) is 12.1 Å². The Morgan fingerprint density at radius 3 is 2.52 bits per heavy atom. The first kappa shape index (κ1) is 22.4. The average molecular weight is 396 g/mol. The summed E-state index contributed by atoms with van der Waals surface area (Å²) < 4.78 is 10.3. The molecule has 0 aliphatic heterocycles. The molecule has 0 spiro atoms. The fraction of sp³-hybridized carbons (Fsp3) is 0.368. The first-order chi connectivity index (χ1) is 12.4. The Morgan fingerprint density at radius 2 is 1.96 bits per heavy atom. The van der Waals surface area contributed by atoms with Crippen molar-refractivity contribution in [2.45, 2.75) is 32.7 Å². The first-order valence-corrected chi connectivity index (χ1v) is 8.39. The van der Waals surface area contributed by atoms with E-state index in [1.807, 2.05) is 19.9 Å². The molecule has 148 valence electrons. The van der Waals surface area contributed by atoms with Gasteiger partial charge in [-0.2, -0.15) is 0 Å². The number of nitrogens with zero attached hydrogens (tertiary/aromatic N) is 1. The Bertz CT molecular complexity index is 779. The Balaban J connectivity index is 0.00000364. The number of nitrogen functional groups attached to an aromatic ring is 1. The summed E-state index contributed by atoms with van der Waals surface area (Å²) in [5, 5.41) is 13.2. The number of rotatable bonds is 7. The van der Waals surface area contributed by atoms with Gasteiger partial charge in [0.2, 0.25) is 0 Å². The summed E-state index contributed by atoms with van der Waals surface area (Å²) in [6, 6.07) is 6.25. The molecule has 2 aromatic rings. The van der Waals surface area contributed by atoms with E-state index in [2.05, 4.69) is 10.3 Å². The number of benzene rings is 1. The number of halogens is 1. The molecule has 1 heterocycles. The van der Waals surface area contributed by atoms with Gasteiger partial charge in [-0.15, -0.1) is 12.4 Å². The lowest BCUT2D eigenvalue weighted by Crippen LogP contribution is -2.29. The van der Waals surface area contributed by atoms with E-state index in [1.54, 1.807) is 12.1 Å². The fourth-order valence-corrected chi connectivity index (χ4v) is 2.80. The van der Waals surface area contributed by atoms with E-state index in [-0.39, 0.29) is 35.5 Å². The van der Waals surface area contributed by atoms with Gasteiger partial charge in [-0.1, -0.05) is 13.3 Å². The molecule has 0 saturated heterocycles. The van der Waals surface area contributed by atoms with Crippen LogP contribution in [0.5, 0.6) is 17.2 Å². The third-order valence-electron chi connectivity index (χ3n) is 3.99. The number of carbonyl (C=O) groups is 1. The smallest absolute Gasteiger partial charge is 0.259 e. The average Bonchev–Trinajstić information content (AvgIpc) is 2.59. The minimum absolute atomic E-state index is 0. The SMILES string of the molecule is CCCC(NC(=O)c1c(O)cc(OC)cc1OC)c1cc(C)cc(N)n1.Cl. The Morgan fingerprint density at radius 1 is 1.26 bits per heavy atom. The van der Waals surface area contributed by atoms with Crippen molar-refractivity contribution in [2.75, 3.05) is 20.0 Å². The van der Waals surface area contributed by atoms with Crippen LogP contribution in [-0.2, 0) is 0 Å². The number of nitrogens with two attached hydrogens (primary N) is 1. The predicted octanol–water partition coefficient (Wildman–Crippen LogP) is 3.39. The standard InChI is InChI=1S/C19H25N3O4.ClH/c1-5-6-13(14-7-11(2)8-17(20)21-14)22-19(24)18-15(23)9-12(25-3)10-16(18)26-4;/h7-10,13,23H,5-6H2,1-4H3,(H2,20,21)(H,22,24);1H. The molecule has 0 fully saturated rings. The van der Waals surface area contributed by atoms with Crippen LogP contribution in [0.4, 0.5) is 5.82 Å². The van der Waals surface area contributed by atoms with Gasteiger partial charge < -0.3 is 25.6 Å². The molecule has 1 aromatic carbocycles. The van der Waals surface area contributed by atoms with E-state index < -0.39 is 5.91 Å². The molecular formula is C19H26ClN3O4. The highest BCUT2D eigenvalue weighted by atomic mass is 35.5. The lowest BCUT2D eigenvalue weighted by atomic mass is 10.0. The Labute approximate surface area is 165 Å². The summed E-state index contributed by atoms with van der Waals surface area (Å²) >= 11 is 0. The number of carbonyl (C=O) groups excluding carboxylic acids is 1. The minimum atomic E-state index is -0.456. The Hall–Kier alpha value is -2.67. The number of phenols is 1. The van der Waals surface area contributed by atoms with Crippen molar-refractivity contribution < 1.29 is 19.4 Å². The van der Waals surface area contributed by atoms with Gasteiger partial charge >= 0.3 is 0 Å². The number of aromatic hydroxyl groups is 1. The largest absolute Gasteiger partial charge is 0.507 e. The maximum atomic E-state index is 12.8. The molecule has 7 nitrogen and oxygen atoms in total. The highest BCUT2D eigenvalue weighted by molar-refractivity contribution is 6.00. The number of hydrogen-bond acceptors (Lipinski definition) is 6. The number of nitrogens with one attached hydrogen (secondary N) is 1. The van der Waals surface area contributed by atoms with Crippen molar-refractivity contribution in [1.29, 1.82) is 0 Å². The van der Waals surface area contributed by atoms with E-state index in [1.165, 1.54) is 20.3 Å². The lowest BCUT2D eigenvalue weighted by Gasteiger charge is -2.20. The van der Waals surface area contributed by atoms with Crippen molar-refractivity contribution in [1.82, 2.24) is 10.3 Å². The van der Waals surface area contributed by atoms with Crippen molar-refractivity contribution in [3.63, 3.8) is 0 Å². The normalized spacial score (nSPS) is 11.3. The molecule has 0 aliphatic carbocycles. The summed E-state index contributed by atoms with van der Waals surface area (Å²) in [5.74, 6) is 0.355. The quantitative estimate of drug-likeness (QED) is 0.663. The second-order valence-corrected chi connectivity index (χ2v) is 6.03. The Kier molecular flexibility index (Phi) is 8.18. The van der Waals surface area contributed by atoms with Crippen LogP contribution in [0.2, 0.25) is 0 Å². The fourth-order valence-electron chi connectivity index (χ4n) is 2.80. The van der Waals surface area contributed by atoms with Crippen LogP contribution in [0.15, 0.2) is 24.3 Å². The molecule has 8 heteroatoms. The van der Waals surface area contributed by atoms with Crippen LogP contribution >= 0.6 is 12.4 Å². The summed E-state index contributed by atoms with van der Waals surface area (Å²) in [5.41, 5.74) is 7.54. The van der Waals surface area contributed by atoms with Gasteiger partial charge in [-0.05, 0) is 31.0 Å². The second kappa shape index (κ2) is 9.87. The monoisotopic (exact) mass is 395 g/mol. The number of anilines is 1. The zero-order chi connectivity index (χ0) is 19.3. The molecule has 0 aliphatic rings. The number of aryl methyl sites for hydroxylation is 1. The maximum absolute atomic E-state index is 12.8. The number of hydrogen-bond donors (Lipinski definition) is 3. The van der Waals surface area contributed by atoms with Crippen LogP contribution in [0.25, 0.3) is 0 Å². The molecule has 1 unspecified atom stereocenters. The van der Waals surface area contributed by atoms with Gasteiger partial charge in [0.05, 0.1) is 26.0 Å². The van der Waals surface area contributed by atoms with Gasteiger partial charge in [-0.25, -0.2) is 4.98 Å². The number of pyridine rings is 1. The first-order valence-electron chi connectivity index (χ1n) is 8.39. The maximum Gasteiger partial charge on any atom is 0.259 e. The number of ether oxygens (including phenoxy) is 2. The molecule has 4 N–H and O–H groups in total. The highest BCUT2D eigenvalue weighted by Gasteiger charge is 2.23. The van der Waals surface area contributed by atoms with E-state index in [0.717, 1.165) is 12.0 Å². The second-order valence-electron chi connectivity index (χ2n) is 6.03. The van der Waals surface area contributed by atoms with E-state index in [4.69, 9.17) is 15.2 Å². The summed E-state index contributed by atoms with van der Waals surface area (Å²) in [6.45, 7) is 3.94. The summed E-state index contributed by atoms with van der Waals surface area (Å²) in [7, 11) is 2.90. The predicted molar refractivity (Wildman–Crippen MR) is 107 cm³/mol. The number of amides is 1. The van der Waals surface area contributed by atoms with Gasteiger partial charge in [0.15, 0.2) is 0 Å². The van der Waals surface area contributed by atoms with E-state index >= 15 is 0 Å². The van der Waals surface area contributed by atoms with Gasteiger partial charge in [-0.3, -0.25) is 4.79 Å². The van der Waals surface area contributed by atoms with Crippen LogP contribution in [0, 0.1) is 6.92 Å². The molecule has 1 amide bonds. The van der Waals surface area contributed by atoms with Gasteiger partial charge in [0.1, 0.15) is 28.6 Å². The molecule has 27 heavy (non-hydrogen) atoms. The third kappa shape index (κ3) is 5.40. The van der Waals surface area contributed by atoms with E-state index in [9.17, 15) is 9.90 Å². The third-order valence-corrected chi connectivity index (χ3v) is 3.99. The zero-order valence-corrected chi connectivity index (χ0v) is 16.7. The molecule has 0 radical (unpaired) electrons.